The number of fused-ring (bicyclic) bond motifs is 2. The van der Waals surface area contributed by atoms with Crippen LogP contribution in [0.25, 0.3) is 6.08 Å². The normalized spacial score (nSPS) is 22.9. The number of likely N-dealkylation sites (N-methyl/N-ethyl adjacent to an activating group) is 1. The van der Waals surface area contributed by atoms with Crippen LogP contribution in [0.15, 0.2) is 48.5 Å². The third-order valence-corrected chi connectivity index (χ3v) is 5.30. The van der Waals surface area contributed by atoms with Gasteiger partial charge in [0.15, 0.2) is 0 Å². The molecule has 0 bridgehead atoms. The van der Waals surface area contributed by atoms with E-state index in [0.717, 1.165) is 11.3 Å². The van der Waals surface area contributed by atoms with Crippen LogP contribution in [0, 0.1) is 10.1 Å². The second-order valence-corrected chi connectivity index (χ2v) is 6.79. The molecule has 0 saturated heterocycles. The molecule has 2 aliphatic heterocycles. The summed E-state index contributed by atoms with van der Waals surface area (Å²) in [7, 11) is 1.97. The Bertz CT molecular complexity index is 888. The van der Waals surface area contributed by atoms with Gasteiger partial charge in [0.25, 0.3) is 0 Å². The lowest BCUT2D eigenvalue weighted by atomic mass is 9.76. The highest BCUT2D eigenvalue weighted by Gasteiger charge is 2.58. The number of ether oxygens (including phenoxy) is 1. The molecule has 1 unspecified atom stereocenters. The van der Waals surface area contributed by atoms with E-state index in [1.807, 2.05) is 37.4 Å². The molecule has 2 aromatic carbocycles. The lowest BCUT2D eigenvalue weighted by molar-refractivity contribution is -0.386. The van der Waals surface area contributed by atoms with Gasteiger partial charge in [-0.25, -0.2) is 0 Å². The summed E-state index contributed by atoms with van der Waals surface area (Å²) >= 11 is 0. The molecule has 0 aromatic heterocycles. The van der Waals surface area contributed by atoms with Crippen LogP contribution in [0.3, 0.4) is 0 Å². The van der Waals surface area contributed by atoms with E-state index < -0.39 is 5.72 Å². The van der Waals surface area contributed by atoms with Crippen molar-refractivity contribution in [1.82, 2.24) is 0 Å². The number of para-hydroxylation sites is 2. The summed E-state index contributed by atoms with van der Waals surface area (Å²) in [6.45, 7) is 4.22. The van der Waals surface area contributed by atoms with Crippen LogP contribution in [0.4, 0.5) is 11.4 Å². The molecule has 0 N–H and O–H groups in total. The average molecular weight is 322 g/mol. The molecule has 4 rings (SSSR count). The fraction of sp³-hybridized carbons (Fsp3) is 0.263. The van der Waals surface area contributed by atoms with Gasteiger partial charge in [0.2, 0.25) is 11.5 Å². The number of hydrogen-bond acceptors (Lipinski definition) is 4. The van der Waals surface area contributed by atoms with E-state index in [1.54, 1.807) is 6.07 Å². The molecule has 5 nitrogen and oxygen atoms in total. The maximum Gasteiger partial charge on any atom is 0.311 e. The SMILES string of the molecule is CN1c2ccccc2C(C)(C)C12C=Cc1cccc([N+](=O)[O-])c1O2. The third kappa shape index (κ3) is 1.64. The second kappa shape index (κ2) is 4.60. The van der Waals surface area contributed by atoms with Crippen molar-refractivity contribution in [3.05, 3.63) is 69.8 Å². The van der Waals surface area contributed by atoms with E-state index in [9.17, 15) is 10.1 Å². The maximum atomic E-state index is 11.4. The van der Waals surface area contributed by atoms with E-state index in [1.165, 1.54) is 11.6 Å². The number of rotatable bonds is 1. The zero-order valence-corrected chi connectivity index (χ0v) is 13.8. The Morgan fingerprint density at radius 1 is 1.12 bits per heavy atom. The number of benzene rings is 2. The van der Waals surface area contributed by atoms with Gasteiger partial charge >= 0.3 is 5.69 Å². The maximum absolute atomic E-state index is 11.4. The quantitative estimate of drug-likeness (QED) is 0.585. The molecule has 2 heterocycles. The molecule has 122 valence electrons. The van der Waals surface area contributed by atoms with Crippen LogP contribution < -0.4 is 9.64 Å². The Hall–Kier alpha value is -2.82. The molecule has 0 saturated carbocycles. The summed E-state index contributed by atoms with van der Waals surface area (Å²) in [5.41, 5.74) is 1.81. The first kappa shape index (κ1) is 14.8. The zero-order chi connectivity index (χ0) is 17.1. The van der Waals surface area contributed by atoms with Crippen molar-refractivity contribution in [3.63, 3.8) is 0 Å². The van der Waals surface area contributed by atoms with Crippen LogP contribution in [-0.4, -0.2) is 17.7 Å². The summed E-state index contributed by atoms with van der Waals surface area (Å²) in [6, 6.07) is 13.1. The first-order chi connectivity index (χ1) is 11.4. The van der Waals surface area contributed by atoms with E-state index in [4.69, 9.17) is 4.74 Å². The summed E-state index contributed by atoms with van der Waals surface area (Å²) in [5, 5.41) is 11.4. The van der Waals surface area contributed by atoms with Crippen molar-refractivity contribution < 1.29 is 9.66 Å². The van der Waals surface area contributed by atoms with Gasteiger partial charge in [-0.05, 0) is 37.6 Å². The largest absolute Gasteiger partial charge is 0.456 e. The lowest BCUT2D eigenvalue weighted by Gasteiger charge is -2.45. The molecule has 5 heteroatoms. The standard InChI is InChI=1S/C19H18N2O3/c1-18(2)14-8-4-5-9-15(14)20(3)19(18)12-11-13-7-6-10-16(21(22)23)17(13)24-19/h4-12H,1-3H3. The Kier molecular flexibility index (Phi) is 2.83. The highest BCUT2D eigenvalue weighted by atomic mass is 16.6. The first-order valence-electron chi connectivity index (χ1n) is 7.87. The van der Waals surface area contributed by atoms with Crippen LogP contribution in [-0.2, 0) is 5.41 Å². The van der Waals surface area contributed by atoms with Crippen molar-refractivity contribution in [1.29, 1.82) is 0 Å². The second-order valence-electron chi connectivity index (χ2n) is 6.79. The van der Waals surface area contributed by atoms with Gasteiger partial charge in [0, 0.05) is 24.4 Å². The van der Waals surface area contributed by atoms with Gasteiger partial charge in [-0.1, -0.05) is 30.3 Å². The summed E-state index contributed by atoms with van der Waals surface area (Å²) < 4.78 is 6.38. The minimum absolute atomic E-state index is 0.00335. The van der Waals surface area contributed by atoms with Gasteiger partial charge in [-0.15, -0.1) is 0 Å². The number of nitrogens with zero attached hydrogens (tertiary/aromatic N) is 2. The van der Waals surface area contributed by atoms with Crippen LogP contribution in [0.2, 0.25) is 0 Å². The Labute approximate surface area is 140 Å². The van der Waals surface area contributed by atoms with Gasteiger partial charge in [0.1, 0.15) is 0 Å². The Balaban J connectivity index is 1.92. The Morgan fingerprint density at radius 2 is 1.88 bits per heavy atom. The van der Waals surface area contributed by atoms with Crippen molar-refractivity contribution in [2.24, 2.45) is 0 Å². The van der Waals surface area contributed by atoms with E-state index in [-0.39, 0.29) is 16.0 Å². The predicted molar refractivity (Wildman–Crippen MR) is 93.4 cm³/mol. The van der Waals surface area contributed by atoms with Crippen LogP contribution >= 0.6 is 0 Å². The van der Waals surface area contributed by atoms with Crippen molar-refractivity contribution in [2.75, 3.05) is 11.9 Å². The molecule has 0 fully saturated rings. The first-order valence-corrected chi connectivity index (χ1v) is 7.87. The highest BCUT2D eigenvalue weighted by molar-refractivity contribution is 5.74. The van der Waals surface area contributed by atoms with Crippen molar-refractivity contribution in [3.8, 4) is 5.75 Å². The summed E-state index contributed by atoms with van der Waals surface area (Å²) in [6.07, 6.45) is 3.94. The summed E-state index contributed by atoms with van der Waals surface area (Å²) in [5.74, 6) is 0.331. The minimum atomic E-state index is -0.796. The molecule has 2 aromatic rings. The lowest BCUT2D eigenvalue weighted by Crippen LogP contribution is -2.58. The van der Waals surface area contributed by atoms with Crippen molar-refractivity contribution >= 4 is 17.5 Å². The van der Waals surface area contributed by atoms with Crippen molar-refractivity contribution in [2.45, 2.75) is 25.0 Å². The van der Waals surface area contributed by atoms with E-state index in [2.05, 4.69) is 30.9 Å². The fourth-order valence-electron chi connectivity index (χ4n) is 3.92. The molecule has 1 spiro atoms. The number of anilines is 1. The molecule has 0 radical (unpaired) electrons. The molecular formula is C19H18N2O3. The van der Waals surface area contributed by atoms with Gasteiger partial charge in [-0.3, -0.25) is 10.1 Å². The van der Waals surface area contributed by atoms with Gasteiger partial charge in [-0.2, -0.15) is 0 Å². The average Bonchev–Trinajstić information content (AvgIpc) is 2.74. The predicted octanol–water partition coefficient (Wildman–Crippen LogP) is 4.12. The monoisotopic (exact) mass is 322 g/mol. The molecule has 0 aliphatic carbocycles. The van der Waals surface area contributed by atoms with Crippen LogP contribution in [0.1, 0.15) is 25.0 Å². The molecule has 2 aliphatic rings. The van der Waals surface area contributed by atoms with E-state index >= 15 is 0 Å². The Morgan fingerprint density at radius 3 is 2.58 bits per heavy atom. The molecular weight excluding hydrogens is 304 g/mol. The fourth-order valence-corrected chi connectivity index (χ4v) is 3.92. The van der Waals surface area contributed by atoms with Gasteiger partial charge < -0.3 is 9.64 Å². The minimum Gasteiger partial charge on any atom is -0.456 e. The topological polar surface area (TPSA) is 55.6 Å². The summed E-state index contributed by atoms with van der Waals surface area (Å²) in [4.78, 5) is 13.1. The molecule has 1 atom stereocenters. The number of hydrogen-bond donors (Lipinski definition) is 0. The van der Waals surface area contributed by atoms with Gasteiger partial charge in [0.05, 0.1) is 10.3 Å². The number of nitro benzene ring substituents is 1. The smallest absolute Gasteiger partial charge is 0.311 e. The van der Waals surface area contributed by atoms with E-state index in [0.29, 0.717) is 5.75 Å². The molecule has 0 amide bonds. The highest BCUT2D eigenvalue weighted by Crippen LogP contribution is 2.55. The van der Waals surface area contributed by atoms with Crippen LogP contribution in [0.5, 0.6) is 5.75 Å². The number of nitro groups is 1. The zero-order valence-electron chi connectivity index (χ0n) is 13.8. The third-order valence-electron chi connectivity index (χ3n) is 5.30. The molecule has 24 heavy (non-hydrogen) atoms.